The number of rotatable bonds is 7. The Bertz CT molecular complexity index is 1420. The summed E-state index contributed by atoms with van der Waals surface area (Å²) in [6.07, 6.45) is -1.91. The van der Waals surface area contributed by atoms with Crippen molar-refractivity contribution >= 4 is 17.5 Å². The van der Waals surface area contributed by atoms with Gasteiger partial charge in [-0.3, -0.25) is 9.59 Å². The second-order valence-corrected chi connectivity index (χ2v) is 10.9. The predicted molar refractivity (Wildman–Crippen MR) is 126 cm³/mol. The first-order chi connectivity index (χ1) is 19.0. The molecular formula is C25H26F5N7O3. The minimum Gasteiger partial charge on any atom is -0.344 e. The molecular weight excluding hydrogens is 541 g/mol. The van der Waals surface area contributed by atoms with Crippen molar-refractivity contribution in [2.45, 2.75) is 81.5 Å². The zero-order valence-electron chi connectivity index (χ0n) is 21.1. The monoisotopic (exact) mass is 567 g/mol. The summed E-state index contributed by atoms with van der Waals surface area (Å²) < 4.78 is 73.2. The van der Waals surface area contributed by atoms with Crippen LogP contribution in [0, 0.1) is 11.8 Å². The number of nitrogens with zero attached hydrogens (tertiary/aromatic N) is 5. The molecule has 0 spiro atoms. The van der Waals surface area contributed by atoms with Gasteiger partial charge in [-0.25, -0.2) is 22.9 Å². The van der Waals surface area contributed by atoms with Crippen LogP contribution in [-0.2, 0) is 11.2 Å². The Labute approximate surface area is 224 Å². The van der Waals surface area contributed by atoms with E-state index < -0.39 is 41.9 Å². The van der Waals surface area contributed by atoms with Crippen LogP contribution in [-0.4, -0.2) is 54.9 Å². The number of amides is 2. The van der Waals surface area contributed by atoms with Gasteiger partial charge in [0, 0.05) is 31.1 Å². The molecule has 3 aliphatic rings. The topological polar surface area (TPSA) is 127 Å². The Kier molecular flexibility index (Phi) is 6.49. The third kappa shape index (κ3) is 5.37. The summed E-state index contributed by atoms with van der Waals surface area (Å²) in [6, 6.07) is 0.574. The van der Waals surface area contributed by atoms with E-state index in [0.29, 0.717) is 22.7 Å². The van der Waals surface area contributed by atoms with E-state index in [2.05, 4.69) is 25.7 Å². The van der Waals surface area contributed by atoms with Crippen LogP contribution in [0.15, 0.2) is 23.0 Å². The first-order valence-electron chi connectivity index (χ1n) is 13.2. The molecule has 1 saturated heterocycles. The standard InChI is InChI=1S/C25H26F5N7O3/c26-24(27)7-5-13(6-8-24)19(33-23(39)21-20(12-1-2-12)35-40-36-21)16-11-37-18(31-16)4-3-15(34-37)9-14-10-17(25(28,29)30)32-22(14)38/h3-4,11-14,17,19H,1-2,5-10H2,(H,32,38)(H,33,39)/t14?,17-,19-/m0/s1. The lowest BCUT2D eigenvalue weighted by Crippen LogP contribution is -2.38. The van der Waals surface area contributed by atoms with Gasteiger partial charge >= 0.3 is 6.18 Å². The molecule has 0 aromatic carbocycles. The number of halogens is 5. The van der Waals surface area contributed by atoms with Crippen molar-refractivity contribution in [3.05, 3.63) is 41.1 Å². The lowest BCUT2D eigenvalue weighted by Gasteiger charge is -2.33. The number of aromatic nitrogens is 5. The van der Waals surface area contributed by atoms with Crippen molar-refractivity contribution in [3.63, 3.8) is 0 Å². The Morgan fingerprint density at radius 3 is 2.60 bits per heavy atom. The summed E-state index contributed by atoms with van der Waals surface area (Å²) in [4.78, 5) is 29.9. The van der Waals surface area contributed by atoms with Crippen LogP contribution in [0.2, 0.25) is 0 Å². The maximum Gasteiger partial charge on any atom is 0.408 e. The summed E-state index contributed by atoms with van der Waals surface area (Å²) >= 11 is 0. The van der Waals surface area contributed by atoms with E-state index >= 15 is 0 Å². The number of fused-ring (bicyclic) bond motifs is 1. The quantitative estimate of drug-likeness (QED) is 0.415. The number of nitrogens with one attached hydrogen (secondary N) is 2. The van der Waals surface area contributed by atoms with E-state index in [0.717, 1.165) is 12.8 Å². The van der Waals surface area contributed by atoms with Crippen molar-refractivity contribution < 1.29 is 36.2 Å². The van der Waals surface area contributed by atoms with Gasteiger partial charge < -0.3 is 10.6 Å². The highest BCUT2D eigenvalue weighted by molar-refractivity contribution is 5.93. The Morgan fingerprint density at radius 2 is 1.93 bits per heavy atom. The molecule has 15 heteroatoms. The second kappa shape index (κ2) is 9.77. The number of carbonyl (C=O) groups excluding carboxylic acids is 2. The smallest absolute Gasteiger partial charge is 0.344 e. The molecule has 0 radical (unpaired) electrons. The van der Waals surface area contributed by atoms with Gasteiger partial charge in [-0.2, -0.15) is 18.3 Å². The molecule has 4 heterocycles. The maximum atomic E-state index is 13.9. The van der Waals surface area contributed by atoms with Crippen molar-refractivity contribution in [1.82, 2.24) is 35.5 Å². The van der Waals surface area contributed by atoms with E-state index in [-0.39, 0.29) is 56.1 Å². The largest absolute Gasteiger partial charge is 0.408 e. The molecule has 2 saturated carbocycles. The minimum atomic E-state index is -4.52. The summed E-state index contributed by atoms with van der Waals surface area (Å²) in [7, 11) is 0. The molecule has 10 nitrogen and oxygen atoms in total. The first-order valence-corrected chi connectivity index (χ1v) is 13.2. The Morgan fingerprint density at radius 1 is 1.18 bits per heavy atom. The van der Waals surface area contributed by atoms with Crippen LogP contribution in [0.3, 0.4) is 0 Å². The molecule has 2 amide bonds. The zero-order chi connectivity index (χ0) is 28.2. The predicted octanol–water partition coefficient (Wildman–Crippen LogP) is 3.90. The van der Waals surface area contributed by atoms with E-state index in [4.69, 9.17) is 4.63 Å². The van der Waals surface area contributed by atoms with Crippen LogP contribution in [0.1, 0.15) is 84.5 Å². The van der Waals surface area contributed by atoms with Crippen molar-refractivity contribution in [2.24, 2.45) is 11.8 Å². The molecule has 1 unspecified atom stereocenters. The highest BCUT2D eigenvalue weighted by atomic mass is 19.4. The molecule has 3 aromatic heterocycles. The fourth-order valence-corrected chi connectivity index (χ4v) is 5.60. The number of alkyl halides is 5. The van der Waals surface area contributed by atoms with Gasteiger partial charge in [0.1, 0.15) is 11.7 Å². The van der Waals surface area contributed by atoms with Crippen LogP contribution < -0.4 is 10.6 Å². The molecule has 3 fully saturated rings. The van der Waals surface area contributed by atoms with Crippen molar-refractivity contribution in [2.75, 3.05) is 0 Å². The minimum absolute atomic E-state index is 0.00282. The second-order valence-electron chi connectivity index (χ2n) is 10.9. The SMILES string of the molecule is O=C(N[C@H](c1cn2nc(CC3C[C@@H](C(F)(F)F)NC3=O)ccc2n1)C1CCC(F)(F)CC1)c1nonc1C1CC1. The molecule has 2 aliphatic carbocycles. The maximum absolute atomic E-state index is 13.9. The van der Waals surface area contributed by atoms with Gasteiger partial charge in [-0.1, -0.05) is 5.16 Å². The molecule has 40 heavy (non-hydrogen) atoms. The van der Waals surface area contributed by atoms with Crippen molar-refractivity contribution in [3.8, 4) is 0 Å². The third-order valence-electron chi connectivity index (χ3n) is 7.98. The van der Waals surface area contributed by atoms with Gasteiger partial charge in [0.15, 0.2) is 11.3 Å². The average Bonchev–Trinajstić information content (AvgIpc) is 3.28. The highest BCUT2D eigenvalue weighted by Gasteiger charge is 2.48. The zero-order valence-corrected chi connectivity index (χ0v) is 21.1. The molecule has 1 aliphatic heterocycles. The van der Waals surface area contributed by atoms with Gasteiger partial charge in [0.25, 0.3) is 5.91 Å². The van der Waals surface area contributed by atoms with Crippen LogP contribution in [0.25, 0.3) is 5.65 Å². The lowest BCUT2D eigenvalue weighted by atomic mass is 9.81. The summed E-state index contributed by atoms with van der Waals surface area (Å²) in [5, 5.41) is 16.9. The van der Waals surface area contributed by atoms with E-state index in [1.807, 2.05) is 5.32 Å². The molecule has 6 rings (SSSR count). The number of hydrogen-bond donors (Lipinski definition) is 2. The van der Waals surface area contributed by atoms with E-state index in [1.165, 1.54) is 4.52 Å². The summed E-state index contributed by atoms with van der Waals surface area (Å²) in [5.41, 5.74) is 1.71. The number of hydrogen-bond acceptors (Lipinski definition) is 7. The lowest BCUT2D eigenvalue weighted by molar-refractivity contribution is -0.154. The van der Waals surface area contributed by atoms with Crippen LogP contribution in [0.5, 0.6) is 0 Å². The average molecular weight is 568 g/mol. The van der Waals surface area contributed by atoms with Gasteiger partial charge in [-0.05, 0) is 55.3 Å². The number of carbonyl (C=O) groups is 2. The van der Waals surface area contributed by atoms with Gasteiger partial charge in [-0.15, -0.1) is 0 Å². The van der Waals surface area contributed by atoms with Crippen LogP contribution in [0.4, 0.5) is 22.0 Å². The van der Waals surface area contributed by atoms with Crippen LogP contribution >= 0.6 is 0 Å². The Balaban J connectivity index is 1.24. The first kappa shape index (κ1) is 26.6. The molecule has 3 aromatic rings. The highest BCUT2D eigenvalue weighted by Crippen LogP contribution is 2.42. The fourth-order valence-electron chi connectivity index (χ4n) is 5.60. The fraction of sp³-hybridized carbons (Fsp3) is 0.600. The van der Waals surface area contributed by atoms with Gasteiger partial charge in [0.05, 0.1) is 23.6 Å². The van der Waals surface area contributed by atoms with Gasteiger partial charge in [0.2, 0.25) is 11.8 Å². The molecule has 0 bridgehead atoms. The third-order valence-corrected chi connectivity index (χ3v) is 7.98. The number of imidazole rings is 1. The normalized spacial score (nSPS) is 24.3. The summed E-state index contributed by atoms with van der Waals surface area (Å²) in [5.74, 6) is -5.10. The van der Waals surface area contributed by atoms with E-state index in [1.54, 1.807) is 18.3 Å². The molecule has 3 atom stereocenters. The molecule has 2 N–H and O–H groups in total. The van der Waals surface area contributed by atoms with E-state index in [9.17, 15) is 31.5 Å². The summed E-state index contributed by atoms with van der Waals surface area (Å²) in [6.45, 7) is 0. The van der Waals surface area contributed by atoms with Crippen molar-refractivity contribution in [1.29, 1.82) is 0 Å². The molecule has 214 valence electrons. The Hall–Kier alpha value is -3.65.